The third-order valence-electron chi connectivity index (χ3n) is 3.11. The molecule has 25 heavy (non-hydrogen) atoms. The molecule has 0 fully saturated rings. The molecule has 0 saturated heterocycles. The van der Waals surface area contributed by atoms with E-state index in [9.17, 15) is 23.3 Å². The molecule has 0 atom stereocenters. The number of hydrogen-bond donors (Lipinski definition) is 1. The predicted octanol–water partition coefficient (Wildman–Crippen LogP) is 4.46. The molecule has 0 radical (unpaired) electrons. The van der Waals surface area contributed by atoms with Crippen LogP contribution < -0.4 is 10.2 Å². The maximum Gasteiger partial charge on any atom is 0.416 e. The average Bonchev–Trinajstić information content (AvgIpc) is 2.56. The van der Waals surface area contributed by atoms with E-state index in [-0.39, 0.29) is 5.69 Å². The minimum absolute atomic E-state index is 0.139. The molecule has 2 aromatic carbocycles. The van der Waals surface area contributed by atoms with Crippen LogP contribution in [0.25, 0.3) is 0 Å². The Morgan fingerprint density at radius 3 is 2.48 bits per heavy atom. The van der Waals surface area contributed by atoms with E-state index >= 15 is 0 Å². The lowest BCUT2D eigenvalue weighted by atomic mass is 10.1. The van der Waals surface area contributed by atoms with E-state index in [1.54, 1.807) is 24.3 Å². The summed E-state index contributed by atoms with van der Waals surface area (Å²) in [6, 6.07) is 9.08. The summed E-state index contributed by atoms with van der Waals surface area (Å²) in [6.07, 6.45) is -3.27. The van der Waals surface area contributed by atoms with Crippen molar-refractivity contribution in [1.29, 1.82) is 0 Å². The van der Waals surface area contributed by atoms with Crippen molar-refractivity contribution >= 4 is 17.6 Å². The van der Waals surface area contributed by atoms with Gasteiger partial charge in [0.2, 0.25) is 0 Å². The molecule has 0 aromatic heterocycles. The van der Waals surface area contributed by atoms with E-state index in [1.165, 1.54) is 6.21 Å². The smallest absolute Gasteiger partial charge is 0.416 e. The number of nitrogens with one attached hydrogen (secondary N) is 1. The number of hydrogen-bond acceptors (Lipinski definition) is 5. The highest BCUT2D eigenvalue weighted by atomic mass is 19.4. The maximum absolute atomic E-state index is 12.6. The number of halogens is 3. The highest BCUT2D eigenvalue weighted by molar-refractivity contribution is 5.80. The van der Waals surface area contributed by atoms with Crippen LogP contribution in [-0.4, -0.2) is 17.7 Å². The van der Waals surface area contributed by atoms with Crippen LogP contribution in [0.2, 0.25) is 0 Å². The Balaban J connectivity index is 2.15. The number of nitrogens with zero attached hydrogens (tertiary/aromatic N) is 2. The van der Waals surface area contributed by atoms with E-state index in [1.807, 2.05) is 6.92 Å². The van der Waals surface area contributed by atoms with Crippen LogP contribution in [-0.2, 0) is 6.18 Å². The molecule has 2 aromatic rings. The minimum atomic E-state index is -4.66. The Bertz CT molecular complexity index is 774. The number of ether oxygens (including phenoxy) is 1. The van der Waals surface area contributed by atoms with Crippen molar-refractivity contribution in [2.75, 3.05) is 12.0 Å². The van der Waals surface area contributed by atoms with Gasteiger partial charge in [0.25, 0.3) is 5.69 Å². The SMILES string of the molecule is CCOc1ccc(C=NNc2ccc(C(F)(F)F)cc2[N+](=O)[O-])cc1. The van der Waals surface area contributed by atoms with E-state index in [4.69, 9.17) is 4.74 Å². The van der Waals surface area contributed by atoms with E-state index < -0.39 is 22.4 Å². The van der Waals surface area contributed by atoms with Gasteiger partial charge in [0.05, 0.1) is 23.3 Å². The molecule has 0 unspecified atom stereocenters. The second kappa shape index (κ2) is 7.65. The summed E-state index contributed by atoms with van der Waals surface area (Å²) in [5, 5.41) is 14.8. The summed E-state index contributed by atoms with van der Waals surface area (Å²) in [5.74, 6) is 0.686. The number of anilines is 1. The molecule has 132 valence electrons. The van der Waals surface area contributed by atoms with Gasteiger partial charge >= 0.3 is 6.18 Å². The van der Waals surface area contributed by atoms with Crippen LogP contribution in [0.15, 0.2) is 47.6 Å². The number of rotatable bonds is 6. The maximum atomic E-state index is 12.6. The third-order valence-corrected chi connectivity index (χ3v) is 3.11. The van der Waals surface area contributed by atoms with Crippen molar-refractivity contribution < 1.29 is 22.8 Å². The molecule has 0 spiro atoms. The number of hydrazone groups is 1. The lowest BCUT2D eigenvalue weighted by molar-refractivity contribution is -0.384. The molecule has 0 aliphatic rings. The first-order chi connectivity index (χ1) is 11.8. The topological polar surface area (TPSA) is 76.8 Å². The first-order valence-corrected chi connectivity index (χ1v) is 7.19. The zero-order valence-corrected chi connectivity index (χ0v) is 13.1. The molecule has 0 amide bonds. The van der Waals surface area contributed by atoms with Crippen LogP contribution in [0.3, 0.4) is 0 Å². The van der Waals surface area contributed by atoms with Crippen molar-refractivity contribution in [3.63, 3.8) is 0 Å². The standard InChI is InChI=1S/C16H14F3N3O3/c1-2-25-13-6-3-11(4-7-13)10-20-21-14-8-5-12(16(17,18)19)9-15(14)22(23)24/h3-10,21H,2H2,1H3. The third kappa shape index (κ3) is 4.93. The van der Waals surface area contributed by atoms with Crippen molar-refractivity contribution in [2.24, 2.45) is 5.10 Å². The molecule has 0 aliphatic heterocycles. The van der Waals surface area contributed by atoms with Gasteiger partial charge in [-0.25, -0.2) is 0 Å². The molecule has 0 saturated carbocycles. The molecule has 1 N–H and O–H groups in total. The second-order valence-corrected chi connectivity index (χ2v) is 4.86. The van der Waals surface area contributed by atoms with E-state index in [0.29, 0.717) is 24.0 Å². The van der Waals surface area contributed by atoms with E-state index in [2.05, 4.69) is 10.5 Å². The van der Waals surface area contributed by atoms with Crippen LogP contribution >= 0.6 is 0 Å². The van der Waals surface area contributed by atoms with Gasteiger partial charge < -0.3 is 4.74 Å². The fourth-order valence-electron chi connectivity index (χ4n) is 1.95. The second-order valence-electron chi connectivity index (χ2n) is 4.86. The fraction of sp³-hybridized carbons (Fsp3) is 0.188. The number of benzene rings is 2. The Labute approximate surface area is 141 Å². The summed E-state index contributed by atoms with van der Waals surface area (Å²) in [5.41, 5.74) is 1.13. The van der Waals surface area contributed by atoms with Gasteiger partial charge in [0, 0.05) is 6.07 Å². The van der Waals surface area contributed by atoms with Crippen LogP contribution in [0.1, 0.15) is 18.1 Å². The molecule has 9 heteroatoms. The Hall–Kier alpha value is -3.10. The molecule has 0 bridgehead atoms. The van der Waals surface area contributed by atoms with Gasteiger partial charge in [-0.05, 0) is 48.9 Å². The lowest BCUT2D eigenvalue weighted by Crippen LogP contribution is -2.06. The summed E-state index contributed by atoms with van der Waals surface area (Å²) >= 11 is 0. The molecule has 0 heterocycles. The fourth-order valence-corrected chi connectivity index (χ4v) is 1.95. The van der Waals surface area contributed by atoms with Crippen LogP contribution in [0, 0.1) is 10.1 Å². The molecular weight excluding hydrogens is 339 g/mol. The number of nitro groups is 1. The average molecular weight is 353 g/mol. The Morgan fingerprint density at radius 1 is 1.24 bits per heavy atom. The molecular formula is C16H14F3N3O3. The zero-order chi connectivity index (χ0) is 18.4. The number of alkyl halides is 3. The van der Waals surface area contributed by atoms with E-state index in [0.717, 1.165) is 12.1 Å². The predicted molar refractivity (Wildman–Crippen MR) is 86.9 cm³/mol. The normalized spacial score (nSPS) is 11.5. The Morgan fingerprint density at radius 2 is 1.92 bits per heavy atom. The van der Waals surface area contributed by atoms with Gasteiger partial charge in [0.15, 0.2) is 0 Å². The quantitative estimate of drug-likeness (QED) is 0.473. The lowest BCUT2D eigenvalue weighted by Gasteiger charge is -2.08. The first-order valence-electron chi connectivity index (χ1n) is 7.19. The highest BCUT2D eigenvalue weighted by Gasteiger charge is 2.33. The van der Waals surface area contributed by atoms with Crippen molar-refractivity contribution in [1.82, 2.24) is 0 Å². The Kier molecular flexibility index (Phi) is 5.58. The summed E-state index contributed by atoms with van der Waals surface area (Å²) in [4.78, 5) is 10.1. The monoisotopic (exact) mass is 353 g/mol. The van der Waals surface area contributed by atoms with Gasteiger partial charge in [-0.3, -0.25) is 15.5 Å². The molecule has 2 rings (SSSR count). The van der Waals surface area contributed by atoms with Crippen LogP contribution in [0.5, 0.6) is 5.75 Å². The zero-order valence-electron chi connectivity index (χ0n) is 13.1. The van der Waals surface area contributed by atoms with Gasteiger partial charge in [-0.15, -0.1) is 0 Å². The van der Waals surface area contributed by atoms with Gasteiger partial charge in [-0.2, -0.15) is 18.3 Å². The van der Waals surface area contributed by atoms with Crippen molar-refractivity contribution in [2.45, 2.75) is 13.1 Å². The van der Waals surface area contributed by atoms with Crippen molar-refractivity contribution in [3.8, 4) is 5.75 Å². The van der Waals surface area contributed by atoms with Gasteiger partial charge in [-0.1, -0.05) is 0 Å². The minimum Gasteiger partial charge on any atom is -0.494 e. The van der Waals surface area contributed by atoms with Crippen molar-refractivity contribution in [3.05, 3.63) is 63.7 Å². The first kappa shape index (κ1) is 18.2. The number of nitro benzene ring substituents is 1. The largest absolute Gasteiger partial charge is 0.494 e. The summed E-state index contributed by atoms with van der Waals surface area (Å²) in [6.45, 7) is 2.39. The molecule has 0 aliphatic carbocycles. The highest BCUT2D eigenvalue weighted by Crippen LogP contribution is 2.34. The summed E-state index contributed by atoms with van der Waals surface area (Å²) < 4.78 is 43.2. The molecule has 6 nitrogen and oxygen atoms in total. The summed E-state index contributed by atoms with van der Waals surface area (Å²) in [7, 11) is 0. The van der Waals surface area contributed by atoms with Crippen LogP contribution in [0.4, 0.5) is 24.5 Å². The van der Waals surface area contributed by atoms with Gasteiger partial charge in [0.1, 0.15) is 11.4 Å².